The summed E-state index contributed by atoms with van der Waals surface area (Å²) in [5, 5.41) is 0.163. The van der Waals surface area contributed by atoms with Crippen LogP contribution in [-0.4, -0.2) is 24.4 Å². The van der Waals surface area contributed by atoms with Crippen LogP contribution in [0.4, 0.5) is 0 Å². The van der Waals surface area contributed by atoms with Crippen molar-refractivity contribution in [3.05, 3.63) is 12.0 Å². The lowest BCUT2D eigenvalue weighted by atomic mass is 9.98. The Morgan fingerprint density at radius 1 is 1.33 bits per heavy atom. The molecule has 1 saturated carbocycles. The highest BCUT2D eigenvalue weighted by Crippen LogP contribution is 2.24. The minimum atomic E-state index is -3.46. The van der Waals surface area contributed by atoms with Crippen LogP contribution in [0.5, 0.6) is 0 Å². The lowest BCUT2D eigenvalue weighted by molar-refractivity contribution is 0.399. The van der Waals surface area contributed by atoms with E-state index in [2.05, 4.69) is 21.6 Å². The smallest absolute Gasteiger partial charge is 0.257 e. The normalized spacial score (nSPS) is 25.9. The van der Waals surface area contributed by atoms with E-state index in [1.54, 1.807) is 6.92 Å². The maximum atomic E-state index is 12.2. The minimum absolute atomic E-state index is 0.0427. The van der Waals surface area contributed by atoms with Crippen molar-refractivity contribution in [2.24, 2.45) is 5.92 Å². The molecule has 6 heteroatoms. The Bertz CT molecular complexity index is 495. The van der Waals surface area contributed by atoms with Gasteiger partial charge in [-0.25, -0.2) is 18.1 Å². The molecule has 5 nitrogen and oxygen atoms in total. The molecular weight excluding hydrogens is 250 g/mol. The van der Waals surface area contributed by atoms with Gasteiger partial charge in [0.15, 0.2) is 5.03 Å². The summed E-state index contributed by atoms with van der Waals surface area (Å²) in [6.45, 7) is 3.87. The van der Waals surface area contributed by atoms with Crippen LogP contribution in [0.2, 0.25) is 0 Å². The van der Waals surface area contributed by atoms with Crippen LogP contribution in [0.3, 0.4) is 0 Å². The van der Waals surface area contributed by atoms with Crippen molar-refractivity contribution in [3.63, 3.8) is 0 Å². The fraction of sp³-hybridized carbons (Fsp3) is 0.750. The summed E-state index contributed by atoms with van der Waals surface area (Å²) in [7, 11) is -3.46. The molecule has 0 amide bonds. The molecule has 1 aromatic heterocycles. The molecule has 0 bridgehead atoms. The van der Waals surface area contributed by atoms with E-state index in [1.165, 1.54) is 19.0 Å². The van der Waals surface area contributed by atoms with Gasteiger partial charge in [-0.05, 0) is 25.7 Å². The van der Waals surface area contributed by atoms with Gasteiger partial charge >= 0.3 is 0 Å². The summed E-state index contributed by atoms with van der Waals surface area (Å²) in [6, 6.07) is 0.0427. The Hall–Kier alpha value is -0.880. The van der Waals surface area contributed by atoms with Gasteiger partial charge in [0.1, 0.15) is 5.82 Å². The molecule has 1 aromatic rings. The molecule has 0 aromatic carbocycles. The average molecular weight is 271 g/mol. The van der Waals surface area contributed by atoms with Crippen molar-refractivity contribution in [3.8, 4) is 0 Å². The number of aromatic amines is 1. The van der Waals surface area contributed by atoms with Gasteiger partial charge in [-0.2, -0.15) is 0 Å². The molecule has 1 heterocycles. The number of aromatic nitrogens is 2. The van der Waals surface area contributed by atoms with E-state index in [-0.39, 0.29) is 11.1 Å². The molecule has 2 unspecified atom stereocenters. The SMILES string of the molecule is Cc1ncc(S(=O)(=O)NC2CCCCCC2C)[nH]1. The van der Waals surface area contributed by atoms with E-state index in [1.807, 2.05) is 0 Å². The van der Waals surface area contributed by atoms with Gasteiger partial charge in [0, 0.05) is 6.04 Å². The fourth-order valence-corrected chi connectivity index (χ4v) is 3.81. The maximum Gasteiger partial charge on any atom is 0.257 e. The highest BCUT2D eigenvalue weighted by molar-refractivity contribution is 7.89. The van der Waals surface area contributed by atoms with Crippen LogP contribution in [0.25, 0.3) is 0 Å². The molecule has 0 spiro atoms. The van der Waals surface area contributed by atoms with Crippen molar-refractivity contribution >= 4 is 10.0 Å². The van der Waals surface area contributed by atoms with Gasteiger partial charge in [0.25, 0.3) is 10.0 Å². The first-order valence-corrected chi connectivity index (χ1v) is 8.01. The van der Waals surface area contributed by atoms with Crippen molar-refractivity contribution in [2.45, 2.75) is 57.0 Å². The highest BCUT2D eigenvalue weighted by atomic mass is 32.2. The fourth-order valence-electron chi connectivity index (χ4n) is 2.47. The van der Waals surface area contributed by atoms with Crippen LogP contribution in [0, 0.1) is 12.8 Å². The molecule has 18 heavy (non-hydrogen) atoms. The summed E-state index contributed by atoms with van der Waals surface area (Å²) in [5.41, 5.74) is 0. The monoisotopic (exact) mass is 271 g/mol. The summed E-state index contributed by atoms with van der Waals surface area (Å²) in [4.78, 5) is 6.71. The van der Waals surface area contributed by atoms with Gasteiger partial charge in [0.2, 0.25) is 0 Å². The van der Waals surface area contributed by atoms with Gasteiger partial charge in [-0.1, -0.05) is 26.2 Å². The Morgan fingerprint density at radius 2 is 2.06 bits per heavy atom. The standard InChI is InChI=1S/C12H21N3O2S/c1-9-6-4-3-5-7-11(9)15-18(16,17)12-8-13-10(2)14-12/h8-9,11,15H,3-7H2,1-2H3,(H,13,14). The number of sulfonamides is 1. The summed E-state index contributed by atoms with van der Waals surface area (Å²) in [6.07, 6.45) is 6.88. The molecule has 1 aliphatic rings. The molecule has 0 saturated heterocycles. The first-order chi connectivity index (χ1) is 8.49. The van der Waals surface area contributed by atoms with Crippen LogP contribution in [0.15, 0.2) is 11.2 Å². The van der Waals surface area contributed by atoms with E-state index < -0.39 is 10.0 Å². The lowest BCUT2D eigenvalue weighted by Crippen LogP contribution is -2.38. The molecule has 1 aliphatic carbocycles. The number of nitrogens with one attached hydrogen (secondary N) is 2. The van der Waals surface area contributed by atoms with Crippen LogP contribution < -0.4 is 4.72 Å². The number of hydrogen-bond acceptors (Lipinski definition) is 3. The maximum absolute atomic E-state index is 12.2. The summed E-state index contributed by atoms with van der Waals surface area (Å²) < 4.78 is 27.2. The molecule has 102 valence electrons. The Labute approximate surface area is 108 Å². The van der Waals surface area contributed by atoms with Gasteiger partial charge < -0.3 is 4.98 Å². The van der Waals surface area contributed by atoms with Crippen molar-refractivity contribution in [2.75, 3.05) is 0 Å². The van der Waals surface area contributed by atoms with Gasteiger partial charge in [-0.3, -0.25) is 0 Å². The first kappa shape index (κ1) is 13.5. The number of rotatable bonds is 3. The zero-order valence-electron chi connectivity index (χ0n) is 10.9. The second-order valence-electron chi connectivity index (χ2n) is 5.18. The van der Waals surface area contributed by atoms with E-state index in [0.717, 1.165) is 19.3 Å². The molecule has 0 radical (unpaired) electrons. The number of hydrogen-bond donors (Lipinski definition) is 2. The highest BCUT2D eigenvalue weighted by Gasteiger charge is 2.26. The zero-order valence-corrected chi connectivity index (χ0v) is 11.8. The van der Waals surface area contributed by atoms with Crippen molar-refractivity contribution in [1.82, 2.24) is 14.7 Å². The van der Waals surface area contributed by atoms with E-state index in [4.69, 9.17) is 0 Å². The zero-order chi connectivity index (χ0) is 13.2. The topological polar surface area (TPSA) is 74.8 Å². The Morgan fingerprint density at radius 3 is 2.72 bits per heavy atom. The molecule has 0 aliphatic heterocycles. The molecule has 2 N–H and O–H groups in total. The number of imidazole rings is 1. The lowest BCUT2D eigenvalue weighted by Gasteiger charge is -2.22. The predicted octanol–water partition coefficient (Wildman–Crippen LogP) is 1.97. The third kappa shape index (κ3) is 3.11. The number of aryl methyl sites for hydroxylation is 1. The Balaban J connectivity index is 2.11. The van der Waals surface area contributed by atoms with Gasteiger partial charge in [0.05, 0.1) is 6.20 Å². The van der Waals surface area contributed by atoms with Crippen LogP contribution in [0.1, 0.15) is 44.9 Å². The first-order valence-electron chi connectivity index (χ1n) is 6.53. The number of nitrogens with zero attached hydrogens (tertiary/aromatic N) is 1. The van der Waals surface area contributed by atoms with Crippen LogP contribution >= 0.6 is 0 Å². The third-order valence-electron chi connectivity index (χ3n) is 3.64. The average Bonchev–Trinajstić information content (AvgIpc) is 2.65. The van der Waals surface area contributed by atoms with Crippen LogP contribution in [-0.2, 0) is 10.0 Å². The molecule has 1 fully saturated rings. The second-order valence-corrected chi connectivity index (χ2v) is 6.86. The van der Waals surface area contributed by atoms with Crippen molar-refractivity contribution < 1.29 is 8.42 Å². The van der Waals surface area contributed by atoms with E-state index in [9.17, 15) is 8.42 Å². The second kappa shape index (κ2) is 5.40. The molecule has 2 rings (SSSR count). The Kier molecular flexibility index (Phi) is 4.07. The predicted molar refractivity (Wildman–Crippen MR) is 69.7 cm³/mol. The quantitative estimate of drug-likeness (QED) is 0.825. The number of H-pyrrole nitrogens is 1. The summed E-state index contributed by atoms with van der Waals surface area (Å²) in [5.74, 6) is 1.01. The third-order valence-corrected chi connectivity index (χ3v) is 5.04. The largest absolute Gasteiger partial charge is 0.332 e. The van der Waals surface area contributed by atoms with Gasteiger partial charge in [-0.15, -0.1) is 0 Å². The van der Waals surface area contributed by atoms with E-state index >= 15 is 0 Å². The van der Waals surface area contributed by atoms with E-state index in [0.29, 0.717) is 11.7 Å². The summed E-state index contributed by atoms with van der Waals surface area (Å²) >= 11 is 0. The molecular formula is C12H21N3O2S. The minimum Gasteiger partial charge on any atom is -0.332 e. The van der Waals surface area contributed by atoms with Crippen molar-refractivity contribution in [1.29, 1.82) is 0 Å². The molecule has 2 atom stereocenters.